The summed E-state index contributed by atoms with van der Waals surface area (Å²) in [5.41, 5.74) is 8.18. The number of amides is 2. The summed E-state index contributed by atoms with van der Waals surface area (Å²) in [7, 11) is 0. The fourth-order valence-corrected chi connectivity index (χ4v) is 3.65. The average Bonchev–Trinajstić information content (AvgIpc) is 3.06. The van der Waals surface area contributed by atoms with Crippen molar-refractivity contribution in [3.8, 4) is 0 Å². The standard InChI is InChI=1S/C18H17BrN2O2S/c19-15-7-4-13(5-8-15)18(23)21-20-17(22)11-24-16-9-6-12-2-1-3-14(12)10-16/h4-10H,1-3,11H2,(H,20,22)(H,21,23). The Hall–Kier alpha value is -1.79. The molecule has 0 fully saturated rings. The topological polar surface area (TPSA) is 58.2 Å². The number of benzene rings is 2. The molecule has 24 heavy (non-hydrogen) atoms. The molecular weight excluding hydrogens is 388 g/mol. The highest BCUT2D eigenvalue weighted by atomic mass is 79.9. The highest BCUT2D eigenvalue weighted by Gasteiger charge is 2.12. The minimum Gasteiger partial charge on any atom is -0.272 e. The largest absolute Gasteiger partial charge is 0.272 e. The van der Waals surface area contributed by atoms with E-state index in [4.69, 9.17) is 0 Å². The van der Waals surface area contributed by atoms with Crippen molar-refractivity contribution in [2.24, 2.45) is 0 Å². The molecule has 124 valence electrons. The Kier molecular flexibility index (Phi) is 5.58. The van der Waals surface area contributed by atoms with Crippen LogP contribution in [-0.4, -0.2) is 17.6 Å². The van der Waals surface area contributed by atoms with Gasteiger partial charge >= 0.3 is 0 Å². The molecule has 3 rings (SSSR count). The van der Waals surface area contributed by atoms with Crippen molar-refractivity contribution < 1.29 is 9.59 Å². The van der Waals surface area contributed by atoms with Gasteiger partial charge in [0.15, 0.2) is 0 Å². The zero-order chi connectivity index (χ0) is 16.9. The molecule has 0 heterocycles. The zero-order valence-electron chi connectivity index (χ0n) is 13.0. The highest BCUT2D eigenvalue weighted by Crippen LogP contribution is 2.27. The van der Waals surface area contributed by atoms with Gasteiger partial charge in [0.2, 0.25) is 5.91 Å². The van der Waals surface area contributed by atoms with Gasteiger partial charge in [-0.2, -0.15) is 0 Å². The van der Waals surface area contributed by atoms with E-state index in [1.54, 1.807) is 24.3 Å². The van der Waals surface area contributed by atoms with Crippen molar-refractivity contribution in [3.05, 3.63) is 63.6 Å². The number of hydrogen-bond donors (Lipinski definition) is 2. The van der Waals surface area contributed by atoms with Crippen molar-refractivity contribution >= 4 is 39.5 Å². The minimum absolute atomic E-state index is 0.231. The van der Waals surface area contributed by atoms with Crippen molar-refractivity contribution in [1.29, 1.82) is 0 Å². The molecule has 0 saturated heterocycles. The Labute approximate surface area is 153 Å². The molecule has 1 aliphatic carbocycles. The summed E-state index contributed by atoms with van der Waals surface area (Å²) in [4.78, 5) is 24.9. The van der Waals surface area contributed by atoms with Gasteiger partial charge in [-0.3, -0.25) is 20.4 Å². The van der Waals surface area contributed by atoms with Crippen LogP contribution >= 0.6 is 27.7 Å². The van der Waals surface area contributed by atoms with Crippen molar-refractivity contribution in [2.75, 3.05) is 5.75 Å². The molecule has 0 unspecified atom stereocenters. The SMILES string of the molecule is O=C(CSc1ccc2c(c1)CCC2)NNC(=O)c1ccc(Br)cc1. The first-order valence-electron chi connectivity index (χ1n) is 7.71. The highest BCUT2D eigenvalue weighted by molar-refractivity contribution is 9.10. The molecule has 0 atom stereocenters. The second-order valence-electron chi connectivity index (χ2n) is 5.58. The van der Waals surface area contributed by atoms with Crippen LogP contribution in [0.15, 0.2) is 51.8 Å². The van der Waals surface area contributed by atoms with Crippen LogP contribution in [0.3, 0.4) is 0 Å². The summed E-state index contributed by atoms with van der Waals surface area (Å²) < 4.78 is 0.897. The Morgan fingerprint density at radius 2 is 1.75 bits per heavy atom. The summed E-state index contributed by atoms with van der Waals surface area (Å²) in [5, 5.41) is 0. The lowest BCUT2D eigenvalue weighted by atomic mass is 10.1. The van der Waals surface area contributed by atoms with Gasteiger partial charge in [0.1, 0.15) is 0 Å². The minimum atomic E-state index is -0.335. The van der Waals surface area contributed by atoms with E-state index in [9.17, 15) is 9.59 Å². The lowest BCUT2D eigenvalue weighted by Crippen LogP contribution is -2.42. The van der Waals surface area contributed by atoms with E-state index < -0.39 is 0 Å². The molecule has 1 aliphatic rings. The van der Waals surface area contributed by atoms with Gasteiger partial charge < -0.3 is 0 Å². The second-order valence-corrected chi connectivity index (χ2v) is 7.55. The fourth-order valence-electron chi connectivity index (χ4n) is 2.62. The molecule has 4 nitrogen and oxygen atoms in total. The van der Waals surface area contributed by atoms with Gasteiger partial charge in [-0.1, -0.05) is 22.0 Å². The normalized spacial score (nSPS) is 12.5. The summed E-state index contributed by atoms with van der Waals surface area (Å²) in [6.45, 7) is 0. The van der Waals surface area contributed by atoms with Gasteiger partial charge in [0.25, 0.3) is 5.91 Å². The van der Waals surface area contributed by atoms with E-state index in [1.807, 2.05) is 0 Å². The molecule has 0 aromatic heterocycles. The summed E-state index contributed by atoms with van der Waals surface area (Å²) >= 11 is 4.79. The number of fused-ring (bicyclic) bond motifs is 1. The summed E-state index contributed by atoms with van der Waals surface area (Å²) in [6, 6.07) is 13.3. The quantitative estimate of drug-likeness (QED) is 0.605. The Bertz CT molecular complexity index is 762. The fraction of sp³-hybridized carbons (Fsp3) is 0.222. The van der Waals surface area contributed by atoms with Gasteiger partial charge in [0, 0.05) is 14.9 Å². The molecule has 6 heteroatoms. The lowest BCUT2D eigenvalue weighted by molar-refractivity contribution is -0.119. The summed E-state index contributed by atoms with van der Waals surface area (Å²) in [6.07, 6.45) is 3.49. The second kappa shape index (κ2) is 7.85. The predicted molar refractivity (Wildman–Crippen MR) is 98.9 cm³/mol. The van der Waals surface area contributed by atoms with Gasteiger partial charge in [-0.25, -0.2) is 0 Å². The third-order valence-corrected chi connectivity index (χ3v) is 5.38. The molecule has 2 aromatic carbocycles. The van der Waals surface area contributed by atoms with E-state index in [0.29, 0.717) is 5.56 Å². The number of aryl methyl sites for hydroxylation is 2. The molecule has 0 saturated carbocycles. The maximum absolute atomic E-state index is 11.9. The molecule has 0 aliphatic heterocycles. The number of thioether (sulfide) groups is 1. The van der Waals surface area contributed by atoms with Crippen LogP contribution in [0, 0.1) is 0 Å². The van der Waals surface area contributed by atoms with Crippen molar-refractivity contribution in [2.45, 2.75) is 24.2 Å². The van der Waals surface area contributed by atoms with Crippen LogP contribution in [0.2, 0.25) is 0 Å². The van der Waals surface area contributed by atoms with E-state index in [0.717, 1.165) is 22.2 Å². The first-order chi connectivity index (χ1) is 11.6. The molecule has 2 N–H and O–H groups in total. The predicted octanol–water partition coefficient (Wildman–Crippen LogP) is 3.49. The molecule has 2 aromatic rings. The smallest absolute Gasteiger partial charge is 0.269 e. The Morgan fingerprint density at radius 3 is 2.54 bits per heavy atom. The van der Waals surface area contributed by atoms with Gasteiger partial charge in [-0.05, 0) is 66.8 Å². The summed E-state index contributed by atoms with van der Waals surface area (Å²) in [5.74, 6) is -0.302. The van der Waals surface area contributed by atoms with E-state index in [2.05, 4.69) is 45.0 Å². The first kappa shape index (κ1) is 17.0. The number of rotatable bonds is 4. The number of hydrogen-bond acceptors (Lipinski definition) is 3. The van der Waals surface area contributed by atoms with Crippen LogP contribution in [0.5, 0.6) is 0 Å². The van der Waals surface area contributed by atoms with Gasteiger partial charge in [0.05, 0.1) is 5.75 Å². The van der Waals surface area contributed by atoms with Crippen LogP contribution in [0.25, 0.3) is 0 Å². The number of nitrogens with one attached hydrogen (secondary N) is 2. The third-order valence-electron chi connectivity index (χ3n) is 3.86. The van der Waals surface area contributed by atoms with E-state index in [1.165, 1.54) is 29.3 Å². The van der Waals surface area contributed by atoms with E-state index >= 15 is 0 Å². The van der Waals surface area contributed by atoms with E-state index in [-0.39, 0.29) is 17.6 Å². The first-order valence-corrected chi connectivity index (χ1v) is 9.49. The Morgan fingerprint density at radius 1 is 1.00 bits per heavy atom. The Balaban J connectivity index is 1.46. The number of hydrazine groups is 1. The van der Waals surface area contributed by atoms with Crippen molar-refractivity contribution in [1.82, 2.24) is 10.9 Å². The molecule has 0 radical (unpaired) electrons. The third kappa shape index (κ3) is 4.39. The number of carbonyl (C=O) groups is 2. The number of halogens is 1. The van der Waals surface area contributed by atoms with Crippen LogP contribution < -0.4 is 10.9 Å². The zero-order valence-corrected chi connectivity index (χ0v) is 15.4. The lowest BCUT2D eigenvalue weighted by Gasteiger charge is -2.08. The van der Waals surface area contributed by atoms with Crippen LogP contribution in [0.1, 0.15) is 27.9 Å². The van der Waals surface area contributed by atoms with Gasteiger partial charge in [-0.15, -0.1) is 11.8 Å². The molecule has 0 bridgehead atoms. The van der Waals surface area contributed by atoms with Crippen LogP contribution in [-0.2, 0) is 17.6 Å². The molecule has 2 amide bonds. The number of carbonyl (C=O) groups excluding carboxylic acids is 2. The molecule has 0 spiro atoms. The molecular formula is C18H17BrN2O2S. The maximum atomic E-state index is 11.9. The van der Waals surface area contributed by atoms with Crippen LogP contribution in [0.4, 0.5) is 0 Å². The maximum Gasteiger partial charge on any atom is 0.269 e. The monoisotopic (exact) mass is 404 g/mol. The average molecular weight is 405 g/mol. The van der Waals surface area contributed by atoms with Crippen molar-refractivity contribution in [3.63, 3.8) is 0 Å².